The molecule has 2 aliphatic carbocycles. The number of hydrogen-bond acceptors (Lipinski definition) is 5. The van der Waals surface area contributed by atoms with E-state index in [0.717, 1.165) is 84.0 Å². The van der Waals surface area contributed by atoms with E-state index in [9.17, 15) is 18.5 Å². The molecular formula is C21H26FN3O3S2. The molecule has 2 heterocycles. The van der Waals surface area contributed by atoms with Crippen LogP contribution in [0.5, 0.6) is 0 Å². The fourth-order valence-electron chi connectivity index (χ4n) is 4.26. The molecule has 2 aliphatic rings. The van der Waals surface area contributed by atoms with Crippen LogP contribution in [0.1, 0.15) is 59.6 Å². The smallest absolute Gasteiger partial charge is 0.259 e. The third-order valence-corrected chi connectivity index (χ3v) is 9.58. The molecule has 4 rings (SSSR count). The van der Waals surface area contributed by atoms with Gasteiger partial charge in [0.05, 0.1) is 12.0 Å². The first kappa shape index (κ1) is 21.5. The summed E-state index contributed by atoms with van der Waals surface area (Å²) in [6, 6.07) is 1.15. The minimum atomic E-state index is -3.48. The number of nitrogens with zero attached hydrogens (tertiary/aromatic N) is 2. The maximum atomic E-state index is 14.6. The van der Waals surface area contributed by atoms with Crippen molar-refractivity contribution in [2.45, 2.75) is 68.6 Å². The Balaban J connectivity index is 1.71. The van der Waals surface area contributed by atoms with Gasteiger partial charge in [0, 0.05) is 16.3 Å². The fourth-order valence-corrected chi connectivity index (χ4v) is 7.15. The summed E-state index contributed by atoms with van der Waals surface area (Å²) in [6.07, 6.45) is 5.75. The number of aromatic nitrogens is 1. The van der Waals surface area contributed by atoms with Crippen LogP contribution in [0.2, 0.25) is 0 Å². The minimum absolute atomic E-state index is 0.0528. The van der Waals surface area contributed by atoms with Gasteiger partial charge in [0.2, 0.25) is 0 Å². The first-order valence-electron chi connectivity index (χ1n) is 10.2. The summed E-state index contributed by atoms with van der Waals surface area (Å²) in [7, 11) is -2.09. The van der Waals surface area contributed by atoms with Crippen molar-refractivity contribution in [1.29, 1.82) is 0 Å². The van der Waals surface area contributed by atoms with Crippen LogP contribution < -0.4 is 4.72 Å². The predicted octanol–water partition coefficient (Wildman–Crippen LogP) is 3.22. The molecule has 0 saturated heterocycles. The highest BCUT2D eigenvalue weighted by Gasteiger charge is 2.29. The lowest BCUT2D eigenvalue weighted by Gasteiger charge is -2.14. The monoisotopic (exact) mass is 451 g/mol. The van der Waals surface area contributed by atoms with E-state index < -0.39 is 27.2 Å². The molecule has 9 heteroatoms. The number of rotatable bonds is 5. The molecule has 0 aliphatic heterocycles. The number of hydrogen-bond donors (Lipinski definition) is 2. The van der Waals surface area contributed by atoms with E-state index in [1.165, 1.54) is 20.9 Å². The molecule has 2 aromatic heterocycles. The molecule has 30 heavy (non-hydrogen) atoms. The molecule has 0 saturated carbocycles. The van der Waals surface area contributed by atoms with Crippen molar-refractivity contribution in [1.82, 2.24) is 9.71 Å². The Morgan fingerprint density at radius 3 is 2.37 bits per heavy atom. The van der Waals surface area contributed by atoms with Crippen molar-refractivity contribution in [2.75, 3.05) is 7.05 Å². The van der Waals surface area contributed by atoms with E-state index >= 15 is 0 Å². The maximum absolute atomic E-state index is 14.6. The summed E-state index contributed by atoms with van der Waals surface area (Å²) >= 11 is 0.868. The number of aliphatic hydroxyl groups is 1. The Morgan fingerprint density at radius 2 is 1.87 bits per heavy atom. The summed E-state index contributed by atoms with van der Waals surface area (Å²) in [5.74, 6) is -1.28. The first-order chi connectivity index (χ1) is 14.1. The molecule has 2 N–H and O–H groups in total. The Kier molecular flexibility index (Phi) is 5.59. The summed E-state index contributed by atoms with van der Waals surface area (Å²) in [5.41, 5.74) is 4.14. The second-order valence-electron chi connectivity index (χ2n) is 8.34. The van der Waals surface area contributed by atoms with Gasteiger partial charge >= 0.3 is 0 Å². The molecule has 1 atom stereocenters. The molecular weight excluding hydrogens is 425 g/mol. The highest BCUT2D eigenvalue weighted by molar-refractivity contribution is 7.94. The Bertz CT molecular complexity index is 1110. The highest BCUT2D eigenvalue weighted by atomic mass is 32.2. The van der Waals surface area contributed by atoms with Gasteiger partial charge in [0.15, 0.2) is 19.9 Å². The van der Waals surface area contributed by atoms with Crippen LogP contribution >= 0.6 is 11.3 Å². The summed E-state index contributed by atoms with van der Waals surface area (Å²) in [4.78, 5) is 18.0. The van der Waals surface area contributed by atoms with Gasteiger partial charge in [-0.1, -0.05) is 0 Å². The number of fused-ring (bicyclic) bond motifs is 2. The highest BCUT2D eigenvalue weighted by Crippen LogP contribution is 2.35. The third-order valence-electron chi connectivity index (χ3n) is 5.72. The Hall–Kier alpha value is -1.68. The molecule has 6 nitrogen and oxygen atoms in total. The molecule has 1 unspecified atom stereocenters. The van der Waals surface area contributed by atoms with Gasteiger partial charge in [-0.25, -0.2) is 13.3 Å². The van der Waals surface area contributed by atoms with Gasteiger partial charge in [-0.3, -0.25) is 9.78 Å². The molecule has 0 bridgehead atoms. The second kappa shape index (κ2) is 7.78. The van der Waals surface area contributed by atoms with Crippen molar-refractivity contribution in [3.63, 3.8) is 0 Å². The molecule has 162 valence electrons. The average Bonchev–Trinajstić information content (AvgIpc) is 3.39. The Morgan fingerprint density at radius 1 is 1.27 bits per heavy atom. The third kappa shape index (κ3) is 3.84. The van der Waals surface area contributed by atoms with Gasteiger partial charge in [0.25, 0.3) is 5.91 Å². The van der Waals surface area contributed by atoms with Crippen LogP contribution in [-0.2, 0) is 52.4 Å². The number of carbonyl (C=O) groups excluding carboxylic acids is 1. The predicted molar refractivity (Wildman–Crippen MR) is 114 cm³/mol. The van der Waals surface area contributed by atoms with E-state index in [4.69, 9.17) is 4.98 Å². The zero-order chi connectivity index (χ0) is 21.7. The van der Waals surface area contributed by atoms with Gasteiger partial charge in [-0.15, -0.1) is 15.7 Å². The number of pyridine rings is 1. The largest absolute Gasteiger partial charge is 0.385 e. The zero-order valence-corrected chi connectivity index (χ0v) is 19.0. The molecule has 0 spiro atoms. The van der Waals surface area contributed by atoms with E-state index in [1.807, 2.05) is 0 Å². The van der Waals surface area contributed by atoms with Crippen LogP contribution in [-0.4, -0.2) is 27.3 Å². The van der Waals surface area contributed by atoms with Crippen molar-refractivity contribution in [2.24, 2.45) is 4.36 Å². The fraction of sp³-hybridized carbons (Fsp3) is 0.524. The standard InChI is InChI=1S/C21H26FN3O3S2/c1-21(2,27)18-11-15(22)20(29-18)30(28,23-3)25-19(26)10-14-12-6-4-8-16(12)24-17-9-5-7-13(14)17/h11,27H,4-10H2,1-3H3,(H,23,25,26,28). The lowest BCUT2D eigenvalue weighted by molar-refractivity contribution is -0.117. The lowest BCUT2D eigenvalue weighted by Crippen LogP contribution is -2.21. The lowest BCUT2D eigenvalue weighted by atomic mass is 9.97. The van der Waals surface area contributed by atoms with Gasteiger partial charge in [-0.2, -0.15) is 0 Å². The summed E-state index contributed by atoms with van der Waals surface area (Å²) in [5, 5.41) is 10.1. The summed E-state index contributed by atoms with van der Waals surface area (Å²) < 4.78 is 34.2. The van der Waals surface area contributed by atoms with Crippen molar-refractivity contribution in [3.05, 3.63) is 44.8 Å². The van der Waals surface area contributed by atoms with Crippen LogP contribution in [0.4, 0.5) is 4.39 Å². The Labute approximate surface area is 180 Å². The first-order valence-corrected chi connectivity index (χ1v) is 12.5. The number of carbonyl (C=O) groups is 1. The van der Waals surface area contributed by atoms with Crippen molar-refractivity contribution >= 4 is 27.2 Å². The SMILES string of the molecule is CNS(=O)(=NC(=O)Cc1c2c(nc3c1CCC3)CCC2)c1sc(C(C)(C)O)cc1F. The number of nitrogens with one attached hydrogen (secondary N) is 1. The van der Waals surface area contributed by atoms with Gasteiger partial charge in [-0.05, 0) is 82.2 Å². The van der Waals surface area contributed by atoms with Gasteiger partial charge in [0.1, 0.15) is 0 Å². The molecule has 2 aromatic rings. The number of halogens is 1. The average molecular weight is 452 g/mol. The normalized spacial score (nSPS) is 17.5. The van der Waals surface area contributed by atoms with E-state index in [0.29, 0.717) is 4.88 Å². The van der Waals surface area contributed by atoms with E-state index in [1.54, 1.807) is 0 Å². The molecule has 0 aromatic carbocycles. The van der Waals surface area contributed by atoms with E-state index in [2.05, 4.69) is 9.08 Å². The van der Waals surface area contributed by atoms with Crippen LogP contribution in [0.25, 0.3) is 0 Å². The molecule has 0 fully saturated rings. The van der Waals surface area contributed by atoms with Crippen molar-refractivity contribution in [3.8, 4) is 0 Å². The summed E-state index contributed by atoms with van der Waals surface area (Å²) in [6.45, 7) is 3.05. The minimum Gasteiger partial charge on any atom is -0.385 e. The maximum Gasteiger partial charge on any atom is 0.259 e. The van der Waals surface area contributed by atoms with Gasteiger partial charge < -0.3 is 5.11 Å². The molecule has 1 amide bonds. The van der Waals surface area contributed by atoms with Crippen LogP contribution in [0.3, 0.4) is 0 Å². The second-order valence-corrected chi connectivity index (χ2v) is 11.7. The number of aryl methyl sites for hydroxylation is 2. The number of thiophene rings is 1. The zero-order valence-electron chi connectivity index (χ0n) is 17.4. The van der Waals surface area contributed by atoms with Crippen LogP contribution in [0.15, 0.2) is 14.6 Å². The van der Waals surface area contributed by atoms with E-state index in [-0.39, 0.29) is 10.6 Å². The number of amides is 1. The van der Waals surface area contributed by atoms with Crippen molar-refractivity contribution < 1.29 is 18.5 Å². The van der Waals surface area contributed by atoms with Crippen LogP contribution in [0, 0.1) is 5.82 Å². The topological polar surface area (TPSA) is 91.7 Å². The molecule has 0 radical (unpaired) electrons. The quantitative estimate of drug-likeness (QED) is 0.730.